The van der Waals surface area contributed by atoms with Crippen molar-refractivity contribution in [3.8, 4) is 11.5 Å². The predicted octanol–water partition coefficient (Wildman–Crippen LogP) is 3.28. The van der Waals surface area contributed by atoms with Crippen LogP contribution in [0.1, 0.15) is 27.2 Å². The first-order chi connectivity index (χ1) is 14.1. The summed E-state index contributed by atoms with van der Waals surface area (Å²) in [4.78, 5) is 18.1. The number of hydrogen-bond donors (Lipinski definition) is 2. The van der Waals surface area contributed by atoms with Crippen molar-refractivity contribution in [1.29, 1.82) is 0 Å². The third-order valence-corrected chi connectivity index (χ3v) is 5.53. The molecule has 1 aliphatic rings. The standard InChI is InChI=1S/C23H27N3O3/c1-15-4-5-17-11-20(25-19(17)10-15)23(27)24-7-9-26-8-6-16-12-21(28-2)22(29-3)13-18(16)14-26/h4-5,10-13,25H,6-9,14H2,1-3H3,(H,24,27). The lowest BCUT2D eigenvalue weighted by molar-refractivity contribution is 0.0943. The number of aromatic amines is 1. The number of aryl methyl sites for hydroxylation is 1. The van der Waals surface area contributed by atoms with Crippen molar-refractivity contribution >= 4 is 16.8 Å². The topological polar surface area (TPSA) is 66.6 Å². The van der Waals surface area contributed by atoms with E-state index in [0.29, 0.717) is 12.2 Å². The zero-order valence-electron chi connectivity index (χ0n) is 17.2. The molecule has 3 aromatic rings. The maximum atomic E-state index is 12.5. The number of ether oxygens (including phenoxy) is 2. The van der Waals surface area contributed by atoms with Gasteiger partial charge in [0.25, 0.3) is 5.91 Å². The summed E-state index contributed by atoms with van der Waals surface area (Å²) in [6, 6.07) is 12.2. The van der Waals surface area contributed by atoms with Crippen LogP contribution in [-0.2, 0) is 13.0 Å². The number of H-pyrrole nitrogens is 1. The Balaban J connectivity index is 1.34. The largest absolute Gasteiger partial charge is 0.493 e. The Morgan fingerprint density at radius 1 is 1.10 bits per heavy atom. The zero-order chi connectivity index (χ0) is 20.4. The van der Waals surface area contributed by atoms with Crippen molar-refractivity contribution in [3.63, 3.8) is 0 Å². The number of carbonyl (C=O) groups is 1. The van der Waals surface area contributed by atoms with E-state index in [2.05, 4.69) is 39.5 Å². The highest BCUT2D eigenvalue weighted by molar-refractivity contribution is 5.98. The second-order valence-electron chi connectivity index (χ2n) is 7.53. The third kappa shape index (κ3) is 4.07. The Labute approximate surface area is 170 Å². The number of carbonyl (C=O) groups excluding carboxylic acids is 1. The first-order valence-electron chi connectivity index (χ1n) is 9.91. The molecule has 0 aliphatic carbocycles. The zero-order valence-corrected chi connectivity index (χ0v) is 17.2. The second kappa shape index (κ2) is 8.17. The monoisotopic (exact) mass is 393 g/mol. The Bertz CT molecular complexity index is 1040. The fourth-order valence-electron chi connectivity index (χ4n) is 3.92. The summed E-state index contributed by atoms with van der Waals surface area (Å²) in [7, 11) is 3.32. The van der Waals surface area contributed by atoms with Gasteiger partial charge in [0.2, 0.25) is 0 Å². The van der Waals surface area contributed by atoms with Crippen LogP contribution < -0.4 is 14.8 Å². The first-order valence-corrected chi connectivity index (χ1v) is 9.91. The number of nitrogens with one attached hydrogen (secondary N) is 2. The molecular weight excluding hydrogens is 366 g/mol. The van der Waals surface area contributed by atoms with Gasteiger partial charge in [0.05, 0.1) is 14.2 Å². The smallest absolute Gasteiger partial charge is 0.267 e. The van der Waals surface area contributed by atoms with E-state index in [1.165, 1.54) is 16.7 Å². The molecule has 2 N–H and O–H groups in total. The van der Waals surface area contributed by atoms with E-state index < -0.39 is 0 Å². The Morgan fingerprint density at radius 3 is 2.62 bits per heavy atom. The van der Waals surface area contributed by atoms with Crippen LogP contribution in [0.25, 0.3) is 10.9 Å². The van der Waals surface area contributed by atoms with E-state index in [-0.39, 0.29) is 5.91 Å². The SMILES string of the molecule is COc1cc2c(cc1OC)CN(CCNC(=O)c1cc3ccc(C)cc3[nH]1)CC2. The second-order valence-corrected chi connectivity index (χ2v) is 7.53. The van der Waals surface area contributed by atoms with Gasteiger partial charge in [0, 0.05) is 37.1 Å². The van der Waals surface area contributed by atoms with Crippen LogP contribution in [0.5, 0.6) is 11.5 Å². The number of methoxy groups -OCH3 is 2. The van der Waals surface area contributed by atoms with Gasteiger partial charge in [-0.1, -0.05) is 12.1 Å². The molecule has 0 spiro atoms. The van der Waals surface area contributed by atoms with Crippen molar-refractivity contribution in [1.82, 2.24) is 15.2 Å². The Hall–Kier alpha value is -2.99. The van der Waals surface area contributed by atoms with Gasteiger partial charge in [0.1, 0.15) is 5.69 Å². The summed E-state index contributed by atoms with van der Waals surface area (Å²) in [5, 5.41) is 4.08. The molecule has 1 aromatic heterocycles. The average molecular weight is 393 g/mol. The highest BCUT2D eigenvalue weighted by Gasteiger charge is 2.19. The van der Waals surface area contributed by atoms with Crippen LogP contribution in [0.3, 0.4) is 0 Å². The van der Waals surface area contributed by atoms with Crippen LogP contribution in [0.2, 0.25) is 0 Å². The van der Waals surface area contributed by atoms with Gasteiger partial charge in [-0.2, -0.15) is 0 Å². The highest BCUT2D eigenvalue weighted by atomic mass is 16.5. The van der Waals surface area contributed by atoms with Crippen LogP contribution in [0.15, 0.2) is 36.4 Å². The molecule has 152 valence electrons. The van der Waals surface area contributed by atoms with Gasteiger partial charge in [-0.05, 0) is 54.3 Å². The summed E-state index contributed by atoms with van der Waals surface area (Å²) in [6.07, 6.45) is 0.963. The fraction of sp³-hybridized carbons (Fsp3) is 0.348. The lowest BCUT2D eigenvalue weighted by Gasteiger charge is -2.29. The van der Waals surface area contributed by atoms with Crippen LogP contribution in [0, 0.1) is 6.92 Å². The molecule has 2 heterocycles. The number of benzene rings is 2. The van der Waals surface area contributed by atoms with Crippen molar-refractivity contribution in [2.24, 2.45) is 0 Å². The van der Waals surface area contributed by atoms with E-state index in [0.717, 1.165) is 48.5 Å². The van der Waals surface area contributed by atoms with Gasteiger partial charge in [-0.15, -0.1) is 0 Å². The molecule has 0 saturated heterocycles. The normalized spacial score (nSPS) is 13.9. The molecule has 1 amide bonds. The molecule has 0 fully saturated rings. The molecule has 2 aromatic carbocycles. The lowest BCUT2D eigenvalue weighted by atomic mass is 9.99. The molecule has 0 unspecified atom stereocenters. The number of hydrogen-bond acceptors (Lipinski definition) is 4. The lowest BCUT2D eigenvalue weighted by Crippen LogP contribution is -2.37. The van der Waals surface area contributed by atoms with E-state index >= 15 is 0 Å². The summed E-state index contributed by atoms with van der Waals surface area (Å²) in [5.41, 5.74) is 5.33. The molecule has 29 heavy (non-hydrogen) atoms. The summed E-state index contributed by atoms with van der Waals surface area (Å²) in [6.45, 7) is 5.26. The minimum atomic E-state index is -0.0670. The fourth-order valence-corrected chi connectivity index (χ4v) is 3.92. The minimum absolute atomic E-state index is 0.0670. The number of amides is 1. The number of aromatic nitrogens is 1. The number of fused-ring (bicyclic) bond motifs is 2. The molecule has 0 saturated carbocycles. The van der Waals surface area contributed by atoms with E-state index in [9.17, 15) is 4.79 Å². The van der Waals surface area contributed by atoms with Crippen LogP contribution >= 0.6 is 0 Å². The molecule has 0 radical (unpaired) electrons. The quantitative estimate of drug-likeness (QED) is 0.675. The molecule has 0 atom stereocenters. The van der Waals surface area contributed by atoms with Gasteiger partial charge < -0.3 is 19.8 Å². The van der Waals surface area contributed by atoms with Crippen LogP contribution in [0.4, 0.5) is 0 Å². The van der Waals surface area contributed by atoms with Crippen molar-refractivity contribution in [3.05, 3.63) is 58.8 Å². The summed E-state index contributed by atoms with van der Waals surface area (Å²) >= 11 is 0. The van der Waals surface area contributed by atoms with Crippen LogP contribution in [-0.4, -0.2) is 49.6 Å². The molecule has 4 rings (SSSR count). The van der Waals surface area contributed by atoms with Gasteiger partial charge in [-0.25, -0.2) is 0 Å². The highest BCUT2D eigenvalue weighted by Crippen LogP contribution is 2.33. The molecule has 1 aliphatic heterocycles. The third-order valence-electron chi connectivity index (χ3n) is 5.53. The van der Waals surface area contributed by atoms with E-state index in [1.807, 2.05) is 19.1 Å². The summed E-state index contributed by atoms with van der Waals surface area (Å²) < 4.78 is 10.8. The Kier molecular flexibility index (Phi) is 5.45. The first kappa shape index (κ1) is 19.3. The van der Waals surface area contributed by atoms with Gasteiger partial charge >= 0.3 is 0 Å². The molecular formula is C23H27N3O3. The van der Waals surface area contributed by atoms with E-state index in [4.69, 9.17) is 9.47 Å². The van der Waals surface area contributed by atoms with Crippen molar-refractivity contribution < 1.29 is 14.3 Å². The summed E-state index contributed by atoms with van der Waals surface area (Å²) in [5.74, 6) is 1.47. The average Bonchev–Trinajstić information content (AvgIpc) is 3.15. The molecule has 6 heteroatoms. The number of nitrogens with zero attached hydrogens (tertiary/aromatic N) is 1. The molecule has 6 nitrogen and oxygen atoms in total. The maximum absolute atomic E-state index is 12.5. The maximum Gasteiger partial charge on any atom is 0.267 e. The van der Waals surface area contributed by atoms with Gasteiger partial charge in [-0.3, -0.25) is 9.69 Å². The van der Waals surface area contributed by atoms with Crippen molar-refractivity contribution in [2.75, 3.05) is 33.9 Å². The molecule has 0 bridgehead atoms. The number of rotatable bonds is 6. The van der Waals surface area contributed by atoms with E-state index in [1.54, 1.807) is 14.2 Å². The minimum Gasteiger partial charge on any atom is -0.493 e. The van der Waals surface area contributed by atoms with Gasteiger partial charge in [0.15, 0.2) is 11.5 Å². The van der Waals surface area contributed by atoms with Crippen molar-refractivity contribution in [2.45, 2.75) is 19.9 Å². The Morgan fingerprint density at radius 2 is 1.86 bits per heavy atom. The predicted molar refractivity (Wildman–Crippen MR) is 114 cm³/mol.